The largest absolute Gasteiger partial charge is 0.493 e. The molecule has 0 unspecified atom stereocenters. The van der Waals surface area contributed by atoms with E-state index in [-0.39, 0.29) is 22.0 Å². The molecular formula is C24H19ClN2O5S. The van der Waals surface area contributed by atoms with Crippen LogP contribution in [-0.4, -0.2) is 21.4 Å². The molecule has 0 aliphatic rings. The van der Waals surface area contributed by atoms with Gasteiger partial charge in [0.15, 0.2) is 11.5 Å². The third kappa shape index (κ3) is 5.71. The van der Waals surface area contributed by atoms with Gasteiger partial charge in [-0.05, 0) is 54.5 Å². The van der Waals surface area contributed by atoms with E-state index in [0.29, 0.717) is 16.3 Å². The predicted octanol–water partition coefficient (Wildman–Crippen LogP) is 4.97. The second-order valence-electron chi connectivity index (χ2n) is 6.82. The van der Waals surface area contributed by atoms with E-state index >= 15 is 0 Å². The first-order chi connectivity index (χ1) is 15.7. The topological polar surface area (TPSA) is 105 Å². The molecule has 0 heterocycles. The minimum Gasteiger partial charge on any atom is -0.493 e. The lowest BCUT2D eigenvalue weighted by atomic mass is 10.1. The lowest BCUT2D eigenvalue weighted by molar-refractivity contribution is -0.112. The van der Waals surface area contributed by atoms with Gasteiger partial charge in [0.05, 0.1) is 17.8 Å². The number of hydrogen-bond donors (Lipinski definition) is 1. The zero-order valence-electron chi connectivity index (χ0n) is 17.7. The van der Waals surface area contributed by atoms with Crippen LogP contribution < -0.4 is 14.2 Å². The predicted molar refractivity (Wildman–Crippen MR) is 126 cm³/mol. The minimum absolute atomic E-state index is 0.00525. The number of methoxy groups -OCH3 is 1. The summed E-state index contributed by atoms with van der Waals surface area (Å²) in [6.07, 6.45) is 1.35. The zero-order valence-corrected chi connectivity index (χ0v) is 19.3. The maximum absolute atomic E-state index is 12.6. The lowest BCUT2D eigenvalue weighted by Crippen LogP contribution is -2.14. The molecule has 0 saturated carbocycles. The molecule has 0 bridgehead atoms. The number of nitrogens with one attached hydrogen (secondary N) is 1. The number of carbonyl (C=O) groups is 1. The number of amides is 1. The third-order valence-electron chi connectivity index (χ3n) is 4.56. The molecule has 0 aliphatic heterocycles. The second-order valence-corrected chi connectivity index (χ2v) is 8.77. The zero-order chi connectivity index (χ0) is 24.0. The highest BCUT2D eigenvalue weighted by atomic mass is 35.5. The van der Waals surface area contributed by atoms with Crippen molar-refractivity contribution in [3.05, 3.63) is 88.5 Å². The highest BCUT2D eigenvalue weighted by Gasteiger charge is 2.19. The molecule has 0 aliphatic carbocycles. The number of nitrogens with zero attached hydrogens (tertiary/aromatic N) is 1. The van der Waals surface area contributed by atoms with E-state index in [1.165, 1.54) is 43.5 Å². The van der Waals surface area contributed by atoms with Crippen LogP contribution in [0, 0.1) is 18.3 Å². The maximum Gasteiger partial charge on any atom is 0.339 e. The molecule has 3 aromatic rings. The fraction of sp³-hybridized carbons (Fsp3) is 0.0833. The van der Waals surface area contributed by atoms with Crippen LogP contribution in [0.4, 0.5) is 5.69 Å². The SMILES string of the molecule is COc1cc(/C=C(\C#N)C(=O)Nc2c(C)cccc2Cl)ccc1OS(=O)(=O)c1ccccc1. The van der Waals surface area contributed by atoms with E-state index < -0.39 is 16.0 Å². The summed E-state index contributed by atoms with van der Waals surface area (Å²) in [7, 11) is -2.72. The first kappa shape index (κ1) is 23.9. The Morgan fingerprint density at radius 1 is 1.06 bits per heavy atom. The molecule has 0 radical (unpaired) electrons. The number of hydrogen-bond acceptors (Lipinski definition) is 6. The summed E-state index contributed by atoms with van der Waals surface area (Å²) >= 11 is 6.14. The van der Waals surface area contributed by atoms with Gasteiger partial charge in [0.1, 0.15) is 16.5 Å². The molecule has 1 N–H and O–H groups in total. The van der Waals surface area contributed by atoms with Gasteiger partial charge in [-0.2, -0.15) is 13.7 Å². The van der Waals surface area contributed by atoms with E-state index in [2.05, 4.69) is 5.32 Å². The van der Waals surface area contributed by atoms with Gasteiger partial charge in [-0.15, -0.1) is 0 Å². The van der Waals surface area contributed by atoms with E-state index in [9.17, 15) is 18.5 Å². The number of para-hydroxylation sites is 1. The normalized spacial score (nSPS) is 11.4. The molecular weight excluding hydrogens is 464 g/mol. The second kappa shape index (κ2) is 10.2. The smallest absolute Gasteiger partial charge is 0.339 e. The van der Waals surface area contributed by atoms with Crippen molar-refractivity contribution >= 4 is 39.4 Å². The Kier molecular flexibility index (Phi) is 7.38. The number of carbonyl (C=O) groups excluding carboxylic acids is 1. The quantitative estimate of drug-likeness (QED) is 0.289. The number of nitriles is 1. The highest BCUT2D eigenvalue weighted by Crippen LogP contribution is 2.32. The average molecular weight is 483 g/mol. The number of anilines is 1. The number of rotatable bonds is 7. The van der Waals surface area contributed by atoms with Gasteiger partial charge in [-0.25, -0.2) is 0 Å². The van der Waals surface area contributed by atoms with Crippen LogP contribution in [-0.2, 0) is 14.9 Å². The number of benzene rings is 3. The monoisotopic (exact) mass is 482 g/mol. The standard InChI is InChI=1S/C24H19ClN2O5S/c1-16-7-6-10-20(25)23(16)27-24(28)18(15-26)13-17-11-12-21(22(14-17)31-2)32-33(29,30)19-8-4-3-5-9-19/h3-14H,1-2H3,(H,27,28)/b18-13+. The fourth-order valence-corrected chi connectivity index (χ4v) is 4.11. The summed E-state index contributed by atoms with van der Waals surface area (Å²) < 4.78 is 35.5. The van der Waals surface area contributed by atoms with Crippen LogP contribution in [0.25, 0.3) is 6.08 Å². The Labute approximate surface area is 197 Å². The maximum atomic E-state index is 12.6. The van der Waals surface area contributed by atoms with Gasteiger partial charge in [-0.1, -0.05) is 48.0 Å². The van der Waals surface area contributed by atoms with Crippen LogP contribution >= 0.6 is 11.6 Å². The highest BCUT2D eigenvalue weighted by molar-refractivity contribution is 7.87. The molecule has 0 aromatic heterocycles. The molecule has 0 atom stereocenters. The molecule has 7 nitrogen and oxygen atoms in total. The van der Waals surface area contributed by atoms with Crippen molar-refractivity contribution < 1.29 is 22.1 Å². The fourth-order valence-electron chi connectivity index (χ4n) is 2.88. The number of aryl methyl sites for hydroxylation is 1. The molecule has 33 heavy (non-hydrogen) atoms. The van der Waals surface area contributed by atoms with Crippen LogP contribution in [0.5, 0.6) is 11.5 Å². The van der Waals surface area contributed by atoms with Crippen molar-refractivity contribution in [3.63, 3.8) is 0 Å². The van der Waals surface area contributed by atoms with Crippen molar-refractivity contribution in [1.82, 2.24) is 0 Å². The first-order valence-corrected chi connectivity index (χ1v) is 11.4. The third-order valence-corrected chi connectivity index (χ3v) is 6.12. The van der Waals surface area contributed by atoms with Crippen molar-refractivity contribution in [2.75, 3.05) is 12.4 Å². The molecule has 0 fully saturated rings. The van der Waals surface area contributed by atoms with Crippen LogP contribution in [0.15, 0.2) is 77.2 Å². The Hall–Kier alpha value is -3.80. The molecule has 9 heteroatoms. The van der Waals surface area contributed by atoms with Gasteiger partial charge in [0, 0.05) is 0 Å². The summed E-state index contributed by atoms with van der Waals surface area (Å²) in [6, 6.07) is 19.1. The Bertz CT molecular complexity index is 1340. The van der Waals surface area contributed by atoms with Crippen LogP contribution in [0.3, 0.4) is 0 Å². The molecule has 3 rings (SSSR count). The number of halogens is 1. The molecule has 0 saturated heterocycles. The van der Waals surface area contributed by atoms with E-state index in [1.807, 2.05) is 6.07 Å². The molecule has 168 valence electrons. The number of ether oxygens (including phenoxy) is 1. The van der Waals surface area contributed by atoms with Crippen LogP contribution in [0.1, 0.15) is 11.1 Å². The van der Waals surface area contributed by atoms with Crippen molar-refractivity contribution in [2.45, 2.75) is 11.8 Å². The first-order valence-electron chi connectivity index (χ1n) is 9.61. The summed E-state index contributed by atoms with van der Waals surface area (Å²) in [6.45, 7) is 1.78. The van der Waals surface area contributed by atoms with E-state index in [1.54, 1.807) is 43.3 Å². The molecule has 1 amide bonds. The Balaban J connectivity index is 1.87. The summed E-state index contributed by atoms with van der Waals surface area (Å²) in [4.78, 5) is 12.6. The minimum atomic E-state index is -4.07. The van der Waals surface area contributed by atoms with Gasteiger partial charge >= 0.3 is 10.1 Å². The van der Waals surface area contributed by atoms with Gasteiger partial charge in [0.25, 0.3) is 5.91 Å². The van der Waals surface area contributed by atoms with Crippen LogP contribution in [0.2, 0.25) is 5.02 Å². The van der Waals surface area contributed by atoms with Crippen molar-refractivity contribution in [2.24, 2.45) is 0 Å². The lowest BCUT2D eigenvalue weighted by Gasteiger charge is -2.12. The molecule has 0 spiro atoms. The Morgan fingerprint density at radius 2 is 1.79 bits per heavy atom. The average Bonchev–Trinajstić information content (AvgIpc) is 2.81. The summed E-state index contributed by atoms with van der Waals surface area (Å²) in [5.74, 6) is -0.560. The molecule has 3 aromatic carbocycles. The summed E-state index contributed by atoms with van der Waals surface area (Å²) in [5, 5.41) is 12.5. The van der Waals surface area contributed by atoms with Gasteiger partial charge in [-0.3, -0.25) is 4.79 Å². The van der Waals surface area contributed by atoms with Gasteiger partial charge in [0.2, 0.25) is 0 Å². The van der Waals surface area contributed by atoms with Gasteiger partial charge < -0.3 is 14.2 Å². The van der Waals surface area contributed by atoms with E-state index in [4.69, 9.17) is 20.5 Å². The Morgan fingerprint density at radius 3 is 2.42 bits per heavy atom. The van der Waals surface area contributed by atoms with E-state index in [0.717, 1.165) is 5.56 Å². The van der Waals surface area contributed by atoms with Crippen molar-refractivity contribution in [3.8, 4) is 17.6 Å². The summed E-state index contributed by atoms with van der Waals surface area (Å²) in [5.41, 5.74) is 1.41. The van der Waals surface area contributed by atoms with Crippen molar-refractivity contribution in [1.29, 1.82) is 5.26 Å².